The van der Waals surface area contributed by atoms with Gasteiger partial charge in [-0.05, 0) is 72.6 Å². The molecule has 3 aliphatic carbocycles. The Kier molecular flexibility index (Phi) is 10.2. The number of nitrogens with one attached hydrogen (secondary N) is 3. The molecule has 14 heteroatoms. The van der Waals surface area contributed by atoms with Gasteiger partial charge in [-0.25, -0.2) is 13.2 Å². The first-order chi connectivity index (χ1) is 23.7. The Balaban J connectivity index is 1.21. The minimum atomic E-state index is -3.87. The lowest BCUT2D eigenvalue weighted by Crippen LogP contribution is -2.60. The number of thiophene rings is 1. The Morgan fingerprint density at radius 1 is 1.10 bits per heavy atom. The van der Waals surface area contributed by atoms with Crippen LogP contribution in [-0.2, 0) is 40.5 Å². The van der Waals surface area contributed by atoms with Gasteiger partial charge in [-0.3, -0.25) is 19.1 Å². The van der Waals surface area contributed by atoms with Crippen LogP contribution >= 0.6 is 11.3 Å². The van der Waals surface area contributed by atoms with Crippen LogP contribution in [0.1, 0.15) is 71.3 Å². The van der Waals surface area contributed by atoms with Crippen molar-refractivity contribution in [3.63, 3.8) is 0 Å². The number of hydrogen-bond acceptors (Lipinski definition) is 9. The summed E-state index contributed by atoms with van der Waals surface area (Å²) in [7, 11) is -3.87. The summed E-state index contributed by atoms with van der Waals surface area (Å²) < 4.78 is 39.3. The summed E-state index contributed by atoms with van der Waals surface area (Å²) in [6.45, 7) is 9.52. The molecule has 50 heavy (non-hydrogen) atoms. The van der Waals surface area contributed by atoms with Crippen molar-refractivity contribution in [3.05, 3.63) is 60.0 Å². The molecule has 0 radical (unpaired) electrons. The lowest BCUT2D eigenvalue weighted by molar-refractivity contribution is -0.143. The van der Waals surface area contributed by atoms with E-state index < -0.39 is 74.1 Å². The quantitative estimate of drug-likeness (QED) is 0.258. The Hall–Kier alpha value is -3.75. The average Bonchev–Trinajstić information content (AvgIpc) is 3.91. The number of carbonyl (C=O) groups excluding carboxylic acids is 4. The number of rotatable bonds is 13. The highest BCUT2D eigenvalue weighted by Gasteiger charge is 2.62. The summed E-state index contributed by atoms with van der Waals surface area (Å²) in [5.41, 5.74) is -0.275. The van der Waals surface area contributed by atoms with Gasteiger partial charge in [0.25, 0.3) is 5.91 Å². The van der Waals surface area contributed by atoms with E-state index in [2.05, 4.69) is 21.9 Å². The number of sulfonamides is 1. The summed E-state index contributed by atoms with van der Waals surface area (Å²) in [4.78, 5) is 57.3. The van der Waals surface area contributed by atoms with Crippen LogP contribution in [0.15, 0.2) is 54.4 Å². The van der Waals surface area contributed by atoms with Crippen molar-refractivity contribution < 1.29 is 37.1 Å². The summed E-state index contributed by atoms with van der Waals surface area (Å²) in [5, 5.41) is 6.95. The predicted molar refractivity (Wildman–Crippen MR) is 188 cm³/mol. The normalized spacial score (nSPS) is 25.6. The van der Waals surface area contributed by atoms with Crippen LogP contribution in [0.5, 0.6) is 0 Å². The van der Waals surface area contributed by atoms with Crippen molar-refractivity contribution in [3.8, 4) is 10.4 Å². The van der Waals surface area contributed by atoms with Crippen molar-refractivity contribution in [2.24, 2.45) is 11.3 Å². The van der Waals surface area contributed by atoms with Crippen molar-refractivity contribution in [1.82, 2.24) is 20.3 Å². The van der Waals surface area contributed by atoms with Crippen molar-refractivity contribution >= 4 is 45.2 Å². The van der Waals surface area contributed by atoms with E-state index in [0.29, 0.717) is 12.8 Å². The Morgan fingerprint density at radius 3 is 2.46 bits per heavy atom. The molecule has 2 heterocycles. The molecule has 12 nitrogen and oxygen atoms in total. The van der Waals surface area contributed by atoms with Gasteiger partial charge in [0.2, 0.25) is 21.8 Å². The number of amides is 4. The minimum Gasteiger partial charge on any atom is -0.446 e. The predicted octanol–water partition coefficient (Wildman–Crippen LogP) is 4.26. The molecule has 4 amide bonds. The molecule has 0 spiro atoms. The van der Waals surface area contributed by atoms with Crippen molar-refractivity contribution in [1.29, 1.82) is 0 Å². The summed E-state index contributed by atoms with van der Waals surface area (Å²) in [6, 6.07) is 9.91. The molecule has 4 fully saturated rings. The summed E-state index contributed by atoms with van der Waals surface area (Å²) in [5.74, 6) is -2.40. The summed E-state index contributed by atoms with van der Waals surface area (Å²) in [6.07, 6.45) is 3.87. The molecule has 1 aromatic carbocycles. The maximum atomic E-state index is 14.4. The number of nitrogens with zero attached hydrogens (tertiary/aromatic N) is 1. The third-order valence-electron chi connectivity index (χ3n) is 10.0. The Morgan fingerprint density at radius 2 is 1.86 bits per heavy atom. The fraction of sp³-hybridized carbons (Fsp3) is 0.556. The molecule has 6 rings (SSSR count). The topological polar surface area (TPSA) is 160 Å². The van der Waals surface area contributed by atoms with Crippen LogP contribution in [0, 0.1) is 11.3 Å². The number of benzene rings is 1. The number of ether oxygens (including phenoxy) is 2. The highest BCUT2D eigenvalue weighted by atomic mass is 32.2. The first-order valence-corrected chi connectivity index (χ1v) is 19.7. The van der Waals surface area contributed by atoms with E-state index in [0.717, 1.165) is 35.3 Å². The summed E-state index contributed by atoms with van der Waals surface area (Å²) >= 11 is 1.64. The SMILES string of the molecule is C=C[C@@H]1C[C@@]1(NC(=O)[C@@H]1C[C@@H](OCc2cccc(-c3cccs3)c2)CN1C(=O)[C@@H](NC(=O)OC1CCC1)C(C)(C)C)C(=O)NS(=O)(=O)C1CC1. The van der Waals surface area contributed by atoms with Gasteiger partial charge in [0.15, 0.2) is 0 Å². The van der Waals surface area contributed by atoms with E-state index in [4.69, 9.17) is 9.47 Å². The number of likely N-dealkylation sites (tertiary alicyclic amines) is 1. The van der Waals surface area contributed by atoms with Crippen LogP contribution in [0.4, 0.5) is 4.79 Å². The lowest BCUT2D eigenvalue weighted by Gasteiger charge is -2.36. The molecular weight excluding hydrogens is 681 g/mol. The fourth-order valence-electron chi connectivity index (χ4n) is 6.51. The molecule has 1 saturated heterocycles. The zero-order valence-electron chi connectivity index (χ0n) is 28.7. The molecular formula is C36H46N4O8S2. The maximum Gasteiger partial charge on any atom is 0.408 e. The Labute approximate surface area is 297 Å². The van der Waals surface area contributed by atoms with E-state index in [9.17, 15) is 27.6 Å². The molecule has 270 valence electrons. The Bertz CT molecular complexity index is 1730. The van der Waals surface area contributed by atoms with Crippen LogP contribution in [-0.4, -0.2) is 78.8 Å². The zero-order chi connectivity index (χ0) is 35.8. The van der Waals surface area contributed by atoms with Crippen molar-refractivity contribution in [2.75, 3.05) is 6.54 Å². The first-order valence-electron chi connectivity index (χ1n) is 17.2. The second-order valence-corrected chi connectivity index (χ2v) is 17.8. The molecule has 0 unspecified atom stereocenters. The van der Waals surface area contributed by atoms with Crippen LogP contribution in [0.2, 0.25) is 0 Å². The fourth-order valence-corrected chi connectivity index (χ4v) is 8.59. The standard InChI is InChI=1S/C36H46N4O8S2/c1-5-24-19-36(24,33(43)39-50(45,46)27-14-15-27)38-31(41)28-18-26(47-21-22-9-6-10-23(17-22)29-13-8-16-49-29)20-40(28)32(42)30(35(2,3)4)37-34(44)48-25-11-7-12-25/h5-6,8-10,13,16-17,24-28,30H,1,7,11-12,14-15,18-21H2,2-4H3,(H,37,44)(H,38,41)(H,39,43)/t24-,26-,28+,30-,36+/m1/s1. The van der Waals surface area contributed by atoms with Gasteiger partial charge < -0.3 is 25.0 Å². The van der Waals surface area contributed by atoms with E-state index in [1.165, 1.54) is 11.0 Å². The first kappa shape index (κ1) is 36.1. The van der Waals surface area contributed by atoms with Gasteiger partial charge in [0.05, 0.1) is 18.0 Å². The molecule has 1 aromatic heterocycles. The molecule has 3 saturated carbocycles. The van der Waals surface area contributed by atoms with Gasteiger partial charge in [-0.15, -0.1) is 17.9 Å². The molecule has 5 atom stereocenters. The largest absolute Gasteiger partial charge is 0.446 e. The second-order valence-electron chi connectivity index (χ2n) is 14.9. The van der Waals surface area contributed by atoms with Crippen LogP contribution in [0.3, 0.4) is 0 Å². The van der Waals surface area contributed by atoms with Gasteiger partial charge in [-0.1, -0.05) is 51.1 Å². The number of alkyl carbamates (subject to hydrolysis) is 1. The average molecular weight is 727 g/mol. The van der Waals surface area contributed by atoms with Gasteiger partial charge >= 0.3 is 6.09 Å². The van der Waals surface area contributed by atoms with Crippen LogP contribution < -0.4 is 15.4 Å². The molecule has 4 aliphatic rings. The smallest absolute Gasteiger partial charge is 0.408 e. The maximum absolute atomic E-state index is 14.4. The molecule has 3 N–H and O–H groups in total. The monoisotopic (exact) mass is 726 g/mol. The third kappa shape index (κ3) is 7.92. The van der Waals surface area contributed by atoms with Crippen molar-refractivity contribution in [2.45, 2.75) is 107 Å². The number of carbonyl (C=O) groups is 4. The van der Waals surface area contributed by atoms with Gasteiger partial charge in [0, 0.05) is 23.8 Å². The zero-order valence-corrected chi connectivity index (χ0v) is 30.3. The molecule has 2 aromatic rings. The lowest BCUT2D eigenvalue weighted by atomic mass is 9.85. The second kappa shape index (κ2) is 14.1. The van der Waals surface area contributed by atoms with Crippen LogP contribution in [0.25, 0.3) is 10.4 Å². The van der Waals surface area contributed by atoms with E-state index in [1.54, 1.807) is 11.3 Å². The van der Waals surface area contributed by atoms with E-state index in [1.807, 2.05) is 62.5 Å². The van der Waals surface area contributed by atoms with E-state index in [-0.39, 0.29) is 32.1 Å². The minimum absolute atomic E-state index is 0.0631. The third-order valence-corrected chi connectivity index (χ3v) is 12.8. The molecule has 0 bridgehead atoms. The highest BCUT2D eigenvalue weighted by Crippen LogP contribution is 2.45. The molecule has 1 aliphatic heterocycles. The highest BCUT2D eigenvalue weighted by molar-refractivity contribution is 7.91. The number of hydrogen-bond donors (Lipinski definition) is 3. The van der Waals surface area contributed by atoms with Gasteiger partial charge in [-0.2, -0.15) is 0 Å². The van der Waals surface area contributed by atoms with Gasteiger partial charge in [0.1, 0.15) is 23.7 Å². The van der Waals surface area contributed by atoms with E-state index >= 15 is 0 Å².